The number of hydrogen-bond acceptors (Lipinski definition) is 7. The minimum absolute atomic E-state index is 0.00616. The van der Waals surface area contributed by atoms with Gasteiger partial charge in [0.1, 0.15) is 5.82 Å². The molecule has 0 N–H and O–H groups in total. The molecular formula is C40H38F4N4O5. The van der Waals surface area contributed by atoms with Crippen LogP contribution in [0.2, 0.25) is 0 Å². The molecule has 3 aromatic carbocycles. The topological polar surface area (TPSA) is 95.6 Å². The average Bonchev–Trinajstić information content (AvgIpc) is 3.86. The summed E-state index contributed by atoms with van der Waals surface area (Å²) >= 11 is 0. The Kier molecular flexibility index (Phi) is 8.96. The number of aryl methyl sites for hydroxylation is 4. The number of carbonyl (C=O) groups is 1. The van der Waals surface area contributed by atoms with Crippen LogP contribution >= 0.6 is 0 Å². The Morgan fingerprint density at radius 3 is 2.32 bits per heavy atom. The van der Waals surface area contributed by atoms with E-state index in [1.807, 2.05) is 24.6 Å². The third kappa shape index (κ3) is 6.16. The zero-order chi connectivity index (χ0) is 38.0. The normalized spacial score (nSPS) is 14.3. The Bertz CT molecular complexity index is 2430. The number of benzene rings is 3. The van der Waals surface area contributed by atoms with Crippen molar-refractivity contribution in [3.63, 3.8) is 0 Å². The number of nitrogens with zero attached hydrogens (tertiary/aromatic N) is 4. The number of fused-ring (bicyclic) bond motifs is 2. The van der Waals surface area contributed by atoms with Gasteiger partial charge < -0.3 is 13.6 Å². The number of rotatable bonds is 8. The van der Waals surface area contributed by atoms with Crippen molar-refractivity contribution in [3.05, 3.63) is 128 Å². The van der Waals surface area contributed by atoms with Crippen molar-refractivity contribution in [1.82, 2.24) is 19.2 Å². The molecule has 1 aliphatic heterocycles. The highest BCUT2D eigenvalue weighted by molar-refractivity contribution is 6.00. The number of ether oxygens (including phenoxy) is 1. The highest BCUT2D eigenvalue weighted by Crippen LogP contribution is 2.47. The summed E-state index contributed by atoms with van der Waals surface area (Å²) in [5.74, 6) is -1.37. The van der Waals surface area contributed by atoms with E-state index in [0.717, 1.165) is 62.8 Å². The second kappa shape index (κ2) is 13.2. The minimum Gasteiger partial charge on any atom is -0.441 e. The lowest BCUT2D eigenvalue weighted by molar-refractivity contribution is -0.137. The fourth-order valence-electron chi connectivity index (χ4n) is 7.34. The molecule has 0 bridgehead atoms. The maximum atomic E-state index is 15.8. The number of alkyl halides is 3. The van der Waals surface area contributed by atoms with Gasteiger partial charge in [-0.2, -0.15) is 18.3 Å². The van der Waals surface area contributed by atoms with Gasteiger partial charge in [0.05, 0.1) is 33.7 Å². The van der Waals surface area contributed by atoms with E-state index in [4.69, 9.17) is 18.7 Å². The van der Waals surface area contributed by atoms with Crippen LogP contribution in [0.4, 0.5) is 22.4 Å². The number of para-hydroxylation sites is 1. The van der Waals surface area contributed by atoms with Crippen LogP contribution in [0.5, 0.6) is 0 Å². The van der Waals surface area contributed by atoms with Crippen LogP contribution in [0.3, 0.4) is 0 Å². The van der Waals surface area contributed by atoms with Gasteiger partial charge in [0.2, 0.25) is 0 Å². The molecule has 0 unspecified atom stereocenters. The van der Waals surface area contributed by atoms with Gasteiger partial charge in [-0.05, 0) is 93.1 Å². The first-order chi connectivity index (χ1) is 25.1. The van der Waals surface area contributed by atoms with Crippen molar-refractivity contribution in [2.45, 2.75) is 85.8 Å². The molecule has 3 aromatic heterocycles. The molecule has 0 fully saturated rings. The number of aromatic nitrogens is 3. The summed E-state index contributed by atoms with van der Waals surface area (Å²) in [6.45, 7) is 11.8. The van der Waals surface area contributed by atoms with Crippen LogP contribution in [0.15, 0.2) is 74.4 Å². The molecule has 53 heavy (non-hydrogen) atoms. The van der Waals surface area contributed by atoms with E-state index in [1.54, 1.807) is 19.1 Å². The monoisotopic (exact) mass is 730 g/mol. The van der Waals surface area contributed by atoms with Crippen LogP contribution < -0.4 is 5.82 Å². The largest absolute Gasteiger partial charge is 0.519 e. The number of halogens is 4. The fraction of sp³-hybridized carbons (Fsp3) is 0.325. The second-order valence-electron chi connectivity index (χ2n) is 13.8. The summed E-state index contributed by atoms with van der Waals surface area (Å²) in [4.78, 5) is 27.0. The van der Waals surface area contributed by atoms with E-state index in [1.165, 1.54) is 31.3 Å². The molecule has 1 aliphatic rings. The molecule has 0 saturated heterocycles. The zero-order valence-electron chi connectivity index (χ0n) is 30.2. The fourth-order valence-corrected chi connectivity index (χ4v) is 7.34. The molecule has 276 valence electrons. The van der Waals surface area contributed by atoms with Crippen LogP contribution in [-0.2, 0) is 49.0 Å². The van der Waals surface area contributed by atoms with E-state index in [9.17, 15) is 22.8 Å². The standard InChI is InChI=1S/C40H38F4N4O5/c1-7-24-10-9-11-25(8-2)33(24)48-34(30-20-46(39(5,6)36(30)45-48)19-26-12-13-27(18-22(26)3)40(42,43)44)28-14-15-31(41)35-29(28)16-17-47(35)37(49)51-21-32-23(4)52-38(50)53-32/h9-18H,7-8,19-21H2,1-6H3. The highest BCUT2D eigenvalue weighted by atomic mass is 19.4. The SMILES string of the molecule is CCc1cccc(CC)c1-n1nc2c(c1-c1ccc(F)c3c1ccn3C(=O)OCc1oc(=O)oc1C)CN(Cc1ccc(C(F)(F)F)cc1C)C2(C)C. The van der Waals surface area contributed by atoms with Crippen LogP contribution in [-0.4, -0.2) is 25.3 Å². The van der Waals surface area contributed by atoms with E-state index in [-0.39, 0.29) is 17.0 Å². The lowest BCUT2D eigenvalue weighted by atomic mass is 9.96. The Morgan fingerprint density at radius 2 is 1.70 bits per heavy atom. The Hall–Kier alpha value is -5.43. The molecule has 13 heteroatoms. The summed E-state index contributed by atoms with van der Waals surface area (Å²) in [7, 11) is 0. The summed E-state index contributed by atoms with van der Waals surface area (Å²) in [6.07, 6.45) is -2.44. The van der Waals surface area contributed by atoms with Crippen LogP contribution in [0.25, 0.3) is 27.8 Å². The average molecular weight is 731 g/mol. The number of hydrogen-bond donors (Lipinski definition) is 0. The maximum absolute atomic E-state index is 15.8. The predicted octanol–water partition coefficient (Wildman–Crippen LogP) is 9.38. The van der Waals surface area contributed by atoms with Gasteiger partial charge in [0.15, 0.2) is 18.1 Å². The van der Waals surface area contributed by atoms with Crippen molar-refractivity contribution < 1.29 is 35.9 Å². The Morgan fingerprint density at radius 1 is 0.981 bits per heavy atom. The molecule has 0 aliphatic carbocycles. The molecule has 4 heterocycles. The van der Waals surface area contributed by atoms with E-state index in [0.29, 0.717) is 29.6 Å². The Balaban J connectivity index is 1.36. The first-order valence-corrected chi connectivity index (χ1v) is 17.4. The summed E-state index contributed by atoms with van der Waals surface area (Å²) in [5.41, 5.74) is 6.06. The van der Waals surface area contributed by atoms with Gasteiger partial charge in [-0.25, -0.2) is 23.2 Å². The van der Waals surface area contributed by atoms with Gasteiger partial charge >= 0.3 is 18.1 Å². The number of carbonyl (C=O) groups excluding carboxylic acids is 1. The maximum Gasteiger partial charge on any atom is 0.519 e. The lowest BCUT2D eigenvalue weighted by Crippen LogP contribution is -2.36. The molecule has 0 amide bonds. The lowest BCUT2D eigenvalue weighted by Gasteiger charge is -2.32. The van der Waals surface area contributed by atoms with Crippen molar-refractivity contribution in [1.29, 1.82) is 0 Å². The molecule has 0 spiro atoms. The van der Waals surface area contributed by atoms with Gasteiger partial charge in [-0.3, -0.25) is 4.90 Å². The Labute approximate surface area is 302 Å². The first-order valence-electron chi connectivity index (χ1n) is 17.4. The van der Waals surface area contributed by atoms with Crippen molar-refractivity contribution in [2.24, 2.45) is 0 Å². The molecule has 0 atom stereocenters. The van der Waals surface area contributed by atoms with E-state index < -0.39 is 41.6 Å². The zero-order valence-corrected chi connectivity index (χ0v) is 30.2. The summed E-state index contributed by atoms with van der Waals surface area (Å²) in [6, 6.07) is 14.6. The highest BCUT2D eigenvalue weighted by Gasteiger charge is 2.44. The molecule has 0 radical (unpaired) electrons. The molecular weight excluding hydrogens is 692 g/mol. The first kappa shape index (κ1) is 36.0. The third-order valence-electron chi connectivity index (χ3n) is 10.3. The van der Waals surface area contributed by atoms with E-state index >= 15 is 4.39 Å². The minimum atomic E-state index is -4.44. The third-order valence-corrected chi connectivity index (χ3v) is 10.3. The molecule has 9 nitrogen and oxygen atoms in total. The quantitative estimate of drug-likeness (QED) is 0.144. The van der Waals surface area contributed by atoms with Gasteiger partial charge in [0.25, 0.3) is 0 Å². The van der Waals surface area contributed by atoms with Crippen molar-refractivity contribution >= 4 is 17.0 Å². The van der Waals surface area contributed by atoms with Gasteiger partial charge in [-0.1, -0.05) is 38.1 Å². The summed E-state index contributed by atoms with van der Waals surface area (Å²) < 4.78 is 74.4. The van der Waals surface area contributed by atoms with Crippen LogP contribution in [0.1, 0.15) is 78.3 Å². The smallest absolute Gasteiger partial charge is 0.441 e. The van der Waals surface area contributed by atoms with Crippen LogP contribution in [0, 0.1) is 19.7 Å². The second-order valence-corrected chi connectivity index (χ2v) is 13.8. The molecule has 7 rings (SSSR count). The van der Waals surface area contributed by atoms with Crippen molar-refractivity contribution in [3.8, 4) is 16.9 Å². The van der Waals surface area contributed by atoms with Crippen molar-refractivity contribution in [2.75, 3.05) is 0 Å². The van der Waals surface area contributed by atoms with E-state index in [2.05, 4.69) is 30.9 Å². The van der Waals surface area contributed by atoms with Gasteiger partial charge in [0, 0.05) is 35.8 Å². The molecule has 0 saturated carbocycles. The van der Waals surface area contributed by atoms with Gasteiger partial charge in [-0.15, -0.1) is 0 Å². The molecule has 6 aromatic rings. The predicted molar refractivity (Wildman–Crippen MR) is 189 cm³/mol. The summed E-state index contributed by atoms with van der Waals surface area (Å²) in [5, 5.41) is 5.75.